The molecule has 8 nitrogen and oxygen atoms in total. The molecule has 0 fully saturated rings. The zero-order valence-electron chi connectivity index (χ0n) is 15.2. The number of non-ortho nitro benzene ring substituents is 1. The molecule has 0 aliphatic heterocycles. The van der Waals surface area contributed by atoms with E-state index in [9.17, 15) is 19.7 Å². The molecule has 3 aromatic rings. The van der Waals surface area contributed by atoms with Gasteiger partial charge in [-0.2, -0.15) is 0 Å². The Morgan fingerprint density at radius 1 is 1.29 bits per heavy atom. The predicted molar refractivity (Wildman–Crippen MR) is 113 cm³/mol. The molecule has 0 spiro atoms. The number of fused-ring (bicyclic) bond motifs is 1. The Labute approximate surface area is 173 Å². The smallest absolute Gasteiger partial charge is 0.270 e. The van der Waals surface area contributed by atoms with Crippen molar-refractivity contribution in [3.63, 3.8) is 0 Å². The highest BCUT2D eigenvalue weighted by molar-refractivity contribution is 14.1. The van der Waals surface area contributed by atoms with Crippen LogP contribution in [0.3, 0.4) is 0 Å². The molecule has 9 heteroatoms. The molecule has 0 atom stereocenters. The van der Waals surface area contributed by atoms with E-state index in [2.05, 4.69) is 9.97 Å². The van der Waals surface area contributed by atoms with Crippen LogP contribution < -0.4 is 5.56 Å². The number of nitrogens with one attached hydrogen (secondary N) is 1. The van der Waals surface area contributed by atoms with Crippen molar-refractivity contribution in [2.45, 2.75) is 26.4 Å². The molecule has 144 valence electrons. The zero-order chi connectivity index (χ0) is 20.4. The van der Waals surface area contributed by atoms with Gasteiger partial charge in [0.2, 0.25) is 0 Å². The first-order valence-electron chi connectivity index (χ1n) is 8.50. The van der Waals surface area contributed by atoms with Crippen molar-refractivity contribution in [3.8, 4) is 0 Å². The molecule has 28 heavy (non-hydrogen) atoms. The fourth-order valence-electron chi connectivity index (χ4n) is 2.81. The summed E-state index contributed by atoms with van der Waals surface area (Å²) in [5.41, 5.74) is 0.361. The largest absolute Gasteiger partial charge is 0.329 e. The van der Waals surface area contributed by atoms with Crippen molar-refractivity contribution in [1.82, 2.24) is 14.9 Å². The van der Waals surface area contributed by atoms with Crippen molar-refractivity contribution in [2.75, 3.05) is 0 Å². The van der Waals surface area contributed by atoms with Crippen molar-refractivity contribution in [3.05, 3.63) is 77.9 Å². The second kappa shape index (κ2) is 8.05. The topological polar surface area (TPSA) is 109 Å². The maximum absolute atomic E-state index is 13.1. The van der Waals surface area contributed by atoms with Gasteiger partial charge in [-0.15, -0.1) is 0 Å². The van der Waals surface area contributed by atoms with Gasteiger partial charge in [0.05, 0.1) is 27.9 Å². The van der Waals surface area contributed by atoms with Crippen LogP contribution in [0.2, 0.25) is 0 Å². The number of aromatic amines is 1. The minimum absolute atomic E-state index is 0.0787. The predicted octanol–water partition coefficient (Wildman–Crippen LogP) is 3.49. The van der Waals surface area contributed by atoms with Crippen molar-refractivity contribution < 1.29 is 9.72 Å². The van der Waals surface area contributed by atoms with E-state index in [1.807, 2.05) is 36.4 Å². The Hall–Kier alpha value is -2.82. The van der Waals surface area contributed by atoms with Gasteiger partial charge in [0.1, 0.15) is 5.82 Å². The van der Waals surface area contributed by atoms with Crippen LogP contribution in [0.15, 0.2) is 47.3 Å². The van der Waals surface area contributed by atoms with Gasteiger partial charge < -0.3 is 9.88 Å². The number of carbonyl (C=O) groups is 1. The lowest BCUT2D eigenvalue weighted by molar-refractivity contribution is -0.384. The number of nitro groups is 1. The Kier molecular flexibility index (Phi) is 5.73. The van der Waals surface area contributed by atoms with Gasteiger partial charge in [-0.3, -0.25) is 19.7 Å². The van der Waals surface area contributed by atoms with Crippen LogP contribution in [-0.2, 0) is 6.54 Å². The number of rotatable bonds is 5. The van der Waals surface area contributed by atoms with E-state index in [0.29, 0.717) is 20.3 Å². The molecule has 0 bridgehead atoms. The number of carbonyl (C=O) groups excluding carboxylic acids is 1. The van der Waals surface area contributed by atoms with Crippen LogP contribution in [0.4, 0.5) is 5.69 Å². The number of nitro benzene ring substituents is 1. The highest BCUT2D eigenvalue weighted by atomic mass is 127. The maximum Gasteiger partial charge on any atom is 0.270 e. The molecular formula is C19H17IN4O4. The summed E-state index contributed by atoms with van der Waals surface area (Å²) in [6.07, 6.45) is 0. The average Bonchev–Trinajstić information content (AvgIpc) is 2.65. The molecule has 0 aliphatic carbocycles. The van der Waals surface area contributed by atoms with Gasteiger partial charge in [-0.1, -0.05) is 12.1 Å². The molecule has 3 rings (SSSR count). The fourth-order valence-corrected chi connectivity index (χ4v) is 3.37. The standard InChI is InChI=1S/C19H17IN4O4/c1-11(2)23(19(26)14-9-12(24(27)28)7-8-15(14)20)10-17-21-16-6-4-3-5-13(16)18(25)22-17/h3-9,11H,10H2,1-2H3,(H,21,22,25). The van der Waals surface area contributed by atoms with E-state index in [1.54, 1.807) is 30.3 Å². The number of hydrogen-bond acceptors (Lipinski definition) is 5. The summed E-state index contributed by atoms with van der Waals surface area (Å²) in [5.74, 6) is -0.00917. The summed E-state index contributed by atoms with van der Waals surface area (Å²) in [5, 5.41) is 11.5. The third kappa shape index (κ3) is 4.03. The van der Waals surface area contributed by atoms with Crippen LogP contribution >= 0.6 is 22.6 Å². The van der Waals surface area contributed by atoms with E-state index < -0.39 is 4.92 Å². The zero-order valence-corrected chi connectivity index (χ0v) is 17.3. The summed E-state index contributed by atoms with van der Waals surface area (Å²) >= 11 is 1.98. The molecule has 0 radical (unpaired) electrons. The third-order valence-corrected chi connectivity index (χ3v) is 5.20. The highest BCUT2D eigenvalue weighted by Gasteiger charge is 2.24. The summed E-state index contributed by atoms with van der Waals surface area (Å²) in [4.78, 5) is 44.6. The summed E-state index contributed by atoms with van der Waals surface area (Å²) in [6, 6.07) is 10.9. The van der Waals surface area contributed by atoms with Crippen LogP contribution in [0.1, 0.15) is 30.0 Å². The first-order valence-corrected chi connectivity index (χ1v) is 9.58. The quantitative estimate of drug-likeness (QED) is 0.333. The van der Waals surface area contributed by atoms with Crippen LogP contribution in [0.5, 0.6) is 0 Å². The summed E-state index contributed by atoms with van der Waals surface area (Å²) in [6.45, 7) is 3.75. The number of aromatic nitrogens is 2. The lowest BCUT2D eigenvalue weighted by Crippen LogP contribution is -2.37. The number of amides is 1. The highest BCUT2D eigenvalue weighted by Crippen LogP contribution is 2.22. The lowest BCUT2D eigenvalue weighted by atomic mass is 10.1. The summed E-state index contributed by atoms with van der Waals surface area (Å²) < 4.78 is 0.610. The normalized spacial score (nSPS) is 11.0. The molecule has 1 aromatic heterocycles. The third-order valence-electron chi connectivity index (χ3n) is 4.26. The minimum atomic E-state index is -0.533. The molecule has 1 N–H and O–H groups in total. The van der Waals surface area contributed by atoms with Crippen molar-refractivity contribution >= 4 is 45.1 Å². The lowest BCUT2D eigenvalue weighted by Gasteiger charge is -2.26. The Morgan fingerprint density at radius 3 is 2.68 bits per heavy atom. The SMILES string of the molecule is CC(C)N(Cc1nc2ccccc2c(=O)[nH]1)C(=O)c1cc([N+](=O)[O-])ccc1I. The van der Waals surface area contributed by atoms with Crippen LogP contribution in [0.25, 0.3) is 10.9 Å². The number of para-hydroxylation sites is 1. The van der Waals surface area contributed by atoms with Crippen LogP contribution in [0, 0.1) is 13.7 Å². The second-order valence-electron chi connectivity index (χ2n) is 6.48. The van der Waals surface area contributed by atoms with E-state index in [1.165, 1.54) is 17.0 Å². The summed E-state index contributed by atoms with van der Waals surface area (Å²) in [7, 11) is 0. The van der Waals surface area contributed by atoms with Gasteiger partial charge in [0.25, 0.3) is 17.2 Å². The molecule has 0 saturated heterocycles. The number of hydrogen-bond donors (Lipinski definition) is 1. The maximum atomic E-state index is 13.1. The molecule has 1 heterocycles. The minimum Gasteiger partial charge on any atom is -0.329 e. The average molecular weight is 492 g/mol. The van der Waals surface area contributed by atoms with Gasteiger partial charge in [-0.25, -0.2) is 4.98 Å². The first kappa shape index (κ1) is 19.9. The Bertz CT molecular complexity index is 1130. The van der Waals surface area contributed by atoms with E-state index in [0.717, 1.165) is 0 Å². The number of benzene rings is 2. The number of halogens is 1. The molecule has 0 unspecified atom stereocenters. The molecule has 0 aliphatic rings. The molecule has 0 saturated carbocycles. The van der Waals surface area contributed by atoms with Crippen molar-refractivity contribution in [1.29, 1.82) is 0 Å². The Morgan fingerprint density at radius 2 is 2.00 bits per heavy atom. The van der Waals surface area contributed by atoms with E-state index >= 15 is 0 Å². The fraction of sp³-hybridized carbons (Fsp3) is 0.211. The van der Waals surface area contributed by atoms with Crippen molar-refractivity contribution in [2.24, 2.45) is 0 Å². The molecule has 1 amide bonds. The molecular weight excluding hydrogens is 475 g/mol. The van der Waals surface area contributed by atoms with E-state index in [-0.39, 0.29) is 35.3 Å². The van der Waals surface area contributed by atoms with E-state index in [4.69, 9.17) is 0 Å². The van der Waals surface area contributed by atoms with Gasteiger partial charge in [-0.05, 0) is 54.6 Å². The number of nitrogens with zero attached hydrogens (tertiary/aromatic N) is 3. The number of H-pyrrole nitrogens is 1. The van der Waals surface area contributed by atoms with Gasteiger partial charge >= 0.3 is 0 Å². The first-order chi connectivity index (χ1) is 13.3. The molecule has 2 aromatic carbocycles. The second-order valence-corrected chi connectivity index (χ2v) is 7.64. The van der Waals surface area contributed by atoms with Crippen LogP contribution in [-0.4, -0.2) is 31.7 Å². The van der Waals surface area contributed by atoms with Gasteiger partial charge in [0, 0.05) is 21.7 Å². The van der Waals surface area contributed by atoms with Gasteiger partial charge in [0.15, 0.2) is 0 Å². The Balaban J connectivity index is 1.99. The monoisotopic (exact) mass is 492 g/mol.